The quantitative estimate of drug-likeness (QED) is 0.688. The standard InChI is InChI=1S/C19H22ClN5O/c20-16-5-3-6-17(15-16)23-13-11-22(12-14-23)8-4-10-25-19(26)24-9-2-1-7-18(24)21-25/h1-3,5-7,9,15H,4,8,10-14H2/i10D2. The molecule has 4 rings (SSSR count). The zero-order chi connectivity index (χ0) is 19.7. The van der Waals surface area contributed by atoms with Gasteiger partial charge in [-0.25, -0.2) is 9.48 Å². The van der Waals surface area contributed by atoms with Crippen LogP contribution in [-0.4, -0.2) is 51.8 Å². The van der Waals surface area contributed by atoms with Crippen LogP contribution in [0.5, 0.6) is 0 Å². The van der Waals surface area contributed by atoms with Crippen LogP contribution in [0.3, 0.4) is 0 Å². The molecule has 0 spiro atoms. The molecule has 1 aromatic carbocycles. The molecule has 136 valence electrons. The third-order valence-corrected chi connectivity index (χ3v) is 4.90. The molecular formula is C19H22ClN5O. The molecule has 7 heteroatoms. The molecule has 3 heterocycles. The summed E-state index contributed by atoms with van der Waals surface area (Å²) >= 11 is 6.08. The Hall–Kier alpha value is -2.31. The van der Waals surface area contributed by atoms with Crippen LogP contribution < -0.4 is 10.6 Å². The highest BCUT2D eigenvalue weighted by atomic mass is 35.5. The number of hydrogen-bond acceptors (Lipinski definition) is 4. The Morgan fingerprint density at radius 1 is 1.12 bits per heavy atom. The van der Waals surface area contributed by atoms with Gasteiger partial charge in [-0.3, -0.25) is 9.30 Å². The van der Waals surface area contributed by atoms with Crippen LogP contribution in [0.2, 0.25) is 5.02 Å². The summed E-state index contributed by atoms with van der Waals surface area (Å²) in [4.78, 5) is 16.9. The van der Waals surface area contributed by atoms with Crippen LogP contribution in [0.25, 0.3) is 5.65 Å². The van der Waals surface area contributed by atoms with Crippen molar-refractivity contribution in [1.82, 2.24) is 19.1 Å². The highest BCUT2D eigenvalue weighted by Gasteiger charge is 2.17. The number of rotatable bonds is 5. The maximum atomic E-state index is 12.4. The van der Waals surface area contributed by atoms with Crippen molar-refractivity contribution in [2.45, 2.75) is 12.9 Å². The maximum absolute atomic E-state index is 12.4. The lowest BCUT2D eigenvalue weighted by molar-refractivity contribution is 0.248. The van der Waals surface area contributed by atoms with Crippen LogP contribution in [0.15, 0.2) is 53.5 Å². The molecule has 1 fully saturated rings. The molecule has 1 saturated heterocycles. The molecule has 0 atom stereocenters. The predicted octanol–water partition coefficient (Wildman–Crippen LogP) is 2.36. The molecule has 1 aliphatic rings. The zero-order valence-electron chi connectivity index (χ0n) is 16.4. The third-order valence-electron chi connectivity index (χ3n) is 4.66. The predicted molar refractivity (Wildman–Crippen MR) is 104 cm³/mol. The van der Waals surface area contributed by atoms with Gasteiger partial charge in [-0.05, 0) is 36.8 Å². The average molecular weight is 374 g/mol. The zero-order valence-corrected chi connectivity index (χ0v) is 15.1. The van der Waals surface area contributed by atoms with E-state index in [2.05, 4.69) is 21.0 Å². The minimum atomic E-state index is -1.84. The van der Waals surface area contributed by atoms with Gasteiger partial charge in [-0.15, -0.1) is 5.10 Å². The van der Waals surface area contributed by atoms with Crippen LogP contribution in [0, 0.1) is 0 Å². The lowest BCUT2D eigenvalue weighted by Crippen LogP contribution is -2.46. The summed E-state index contributed by atoms with van der Waals surface area (Å²) in [5, 5.41) is 4.89. The van der Waals surface area contributed by atoms with Gasteiger partial charge in [0.05, 0.1) is 2.74 Å². The number of halogens is 1. The Morgan fingerprint density at radius 3 is 2.73 bits per heavy atom. The van der Waals surface area contributed by atoms with Crippen LogP contribution in [0.1, 0.15) is 9.16 Å². The first-order valence-electron chi connectivity index (χ1n) is 9.74. The van der Waals surface area contributed by atoms with E-state index in [4.69, 9.17) is 14.3 Å². The van der Waals surface area contributed by atoms with Gasteiger partial charge in [-0.1, -0.05) is 23.7 Å². The largest absolute Gasteiger partial charge is 0.369 e. The van der Waals surface area contributed by atoms with Crippen molar-refractivity contribution in [1.29, 1.82) is 0 Å². The first-order valence-corrected chi connectivity index (χ1v) is 9.12. The summed E-state index contributed by atoms with van der Waals surface area (Å²) in [6.07, 6.45) is 1.81. The number of nitrogens with zero attached hydrogens (tertiary/aromatic N) is 5. The summed E-state index contributed by atoms with van der Waals surface area (Å²) in [5.74, 6) is 0. The number of piperazine rings is 1. The van der Waals surface area contributed by atoms with Crippen molar-refractivity contribution >= 4 is 22.9 Å². The van der Waals surface area contributed by atoms with E-state index in [-0.39, 0.29) is 6.42 Å². The molecule has 1 aliphatic heterocycles. The Kier molecular flexibility index (Phi) is 4.28. The van der Waals surface area contributed by atoms with Gasteiger partial charge < -0.3 is 4.90 Å². The number of pyridine rings is 1. The number of hydrogen-bond donors (Lipinski definition) is 0. The van der Waals surface area contributed by atoms with Gasteiger partial charge in [-0.2, -0.15) is 0 Å². The van der Waals surface area contributed by atoms with E-state index in [1.54, 1.807) is 24.4 Å². The molecule has 0 bridgehead atoms. The summed E-state index contributed by atoms with van der Waals surface area (Å²) < 4.78 is 19.0. The molecule has 0 N–H and O–H groups in total. The summed E-state index contributed by atoms with van der Waals surface area (Å²) in [6.45, 7) is 2.12. The molecule has 6 nitrogen and oxygen atoms in total. The van der Waals surface area contributed by atoms with E-state index in [9.17, 15) is 4.79 Å². The van der Waals surface area contributed by atoms with Crippen molar-refractivity contribution in [3.63, 3.8) is 0 Å². The Labute approximate surface area is 160 Å². The molecule has 2 aromatic heterocycles. The second-order valence-electron chi connectivity index (χ2n) is 6.34. The van der Waals surface area contributed by atoms with Gasteiger partial charge in [0.25, 0.3) is 0 Å². The average Bonchev–Trinajstić information content (AvgIpc) is 3.05. The summed E-state index contributed by atoms with van der Waals surface area (Å²) in [5.41, 5.74) is 1.11. The highest BCUT2D eigenvalue weighted by molar-refractivity contribution is 6.30. The van der Waals surface area contributed by atoms with E-state index < -0.39 is 12.2 Å². The maximum Gasteiger partial charge on any atom is 0.350 e. The Bertz CT molecular complexity index is 1030. The van der Waals surface area contributed by atoms with Crippen LogP contribution >= 0.6 is 11.6 Å². The normalized spacial score (nSPS) is 17.3. The molecule has 0 unspecified atom stereocenters. The van der Waals surface area contributed by atoms with Crippen molar-refractivity contribution < 1.29 is 2.74 Å². The highest BCUT2D eigenvalue weighted by Crippen LogP contribution is 2.20. The molecular weight excluding hydrogens is 350 g/mol. The van der Waals surface area contributed by atoms with Gasteiger partial charge >= 0.3 is 5.69 Å². The Balaban J connectivity index is 1.38. The van der Waals surface area contributed by atoms with Gasteiger partial charge in [0.15, 0.2) is 5.65 Å². The van der Waals surface area contributed by atoms with E-state index in [0.717, 1.165) is 41.6 Å². The third kappa shape index (κ3) is 3.61. The molecule has 0 saturated carbocycles. The van der Waals surface area contributed by atoms with E-state index in [1.165, 1.54) is 4.40 Å². The van der Waals surface area contributed by atoms with Gasteiger partial charge in [0.1, 0.15) is 0 Å². The summed E-state index contributed by atoms with van der Waals surface area (Å²) in [6, 6.07) is 13.0. The molecule has 3 aromatic rings. The number of benzene rings is 1. The topological polar surface area (TPSA) is 45.8 Å². The van der Waals surface area contributed by atoms with Crippen molar-refractivity contribution in [3.8, 4) is 0 Å². The number of aryl methyl sites for hydroxylation is 1. The van der Waals surface area contributed by atoms with Crippen LogP contribution in [-0.2, 0) is 6.50 Å². The smallest absolute Gasteiger partial charge is 0.350 e. The first kappa shape index (κ1) is 14.8. The van der Waals surface area contributed by atoms with E-state index >= 15 is 0 Å². The van der Waals surface area contributed by atoms with Crippen molar-refractivity contribution in [2.24, 2.45) is 0 Å². The summed E-state index contributed by atoms with van der Waals surface area (Å²) in [7, 11) is 0. The lowest BCUT2D eigenvalue weighted by Gasteiger charge is -2.36. The number of aromatic nitrogens is 3. The minimum Gasteiger partial charge on any atom is -0.369 e. The SMILES string of the molecule is [2H]C([2H])(CCN1CCN(c2cccc(Cl)c2)CC1)n1nc2ccccn2c1=O. The second kappa shape index (κ2) is 7.51. The molecule has 0 amide bonds. The van der Waals surface area contributed by atoms with E-state index in [1.807, 2.05) is 18.2 Å². The van der Waals surface area contributed by atoms with E-state index in [0.29, 0.717) is 12.2 Å². The fourth-order valence-corrected chi connectivity index (χ4v) is 3.43. The van der Waals surface area contributed by atoms with Gasteiger partial charge in [0.2, 0.25) is 0 Å². The molecule has 0 aliphatic carbocycles. The van der Waals surface area contributed by atoms with Crippen LogP contribution in [0.4, 0.5) is 5.69 Å². The first-order chi connectivity index (χ1) is 13.4. The number of anilines is 1. The minimum absolute atomic E-state index is 0.202. The second-order valence-corrected chi connectivity index (χ2v) is 6.78. The lowest BCUT2D eigenvalue weighted by atomic mass is 10.2. The molecule has 26 heavy (non-hydrogen) atoms. The number of fused-ring (bicyclic) bond motifs is 1. The fraction of sp³-hybridized carbons (Fsp3) is 0.368. The monoisotopic (exact) mass is 373 g/mol. The van der Waals surface area contributed by atoms with Crippen molar-refractivity contribution in [3.05, 3.63) is 64.2 Å². The van der Waals surface area contributed by atoms with Crippen molar-refractivity contribution in [2.75, 3.05) is 37.6 Å². The Morgan fingerprint density at radius 2 is 1.96 bits per heavy atom. The van der Waals surface area contributed by atoms with Gasteiger partial charge in [0, 0.05) is 56.1 Å². The molecule has 0 radical (unpaired) electrons. The fourth-order valence-electron chi connectivity index (χ4n) is 3.24.